The fourth-order valence-electron chi connectivity index (χ4n) is 1.56. The van der Waals surface area contributed by atoms with Gasteiger partial charge in [-0.15, -0.1) is 11.6 Å². The molecule has 0 fully saturated rings. The van der Waals surface area contributed by atoms with E-state index in [1.165, 1.54) is 6.07 Å². The van der Waals surface area contributed by atoms with Crippen molar-refractivity contribution in [1.29, 1.82) is 0 Å². The molecule has 1 aromatic rings. The lowest BCUT2D eigenvalue weighted by atomic mass is 10.1. The summed E-state index contributed by atoms with van der Waals surface area (Å²) in [6, 6.07) is 3.59. The summed E-state index contributed by atoms with van der Waals surface area (Å²) < 4.78 is 43.3. The molecule has 1 nitrogen and oxygen atoms in total. The van der Waals surface area contributed by atoms with Gasteiger partial charge in [-0.25, -0.2) is 0 Å². The first-order valence-electron chi connectivity index (χ1n) is 5.88. The van der Waals surface area contributed by atoms with Crippen LogP contribution in [-0.4, -0.2) is 12.5 Å². The fourth-order valence-corrected chi connectivity index (χ4v) is 1.69. The molecule has 0 aliphatic carbocycles. The average Bonchev–Trinajstić information content (AvgIpc) is 2.33. The first-order chi connectivity index (χ1) is 8.49. The van der Waals surface area contributed by atoms with Crippen molar-refractivity contribution in [3.8, 4) is 5.75 Å². The van der Waals surface area contributed by atoms with Gasteiger partial charge in [0, 0.05) is 5.88 Å². The molecule has 0 saturated carbocycles. The van der Waals surface area contributed by atoms with Gasteiger partial charge in [-0.1, -0.05) is 6.92 Å². The second kappa shape index (κ2) is 6.88. The Morgan fingerprint density at radius 2 is 2.00 bits per heavy atom. The van der Waals surface area contributed by atoms with Crippen molar-refractivity contribution in [2.75, 3.05) is 12.5 Å². The number of aryl methyl sites for hydroxylation is 1. The molecule has 5 heteroatoms. The number of hydrogen-bond acceptors (Lipinski definition) is 1. The summed E-state index contributed by atoms with van der Waals surface area (Å²) >= 11 is 5.57. The zero-order chi connectivity index (χ0) is 13.6. The van der Waals surface area contributed by atoms with Gasteiger partial charge >= 0.3 is 6.18 Å². The van der Waals surface area contributed by atoms with Crippen LogP contribution in [-0.2, 0) is 12.6 Å². The lowest BCUT2D eigenvalue weighted by molar-refractivity contribution is -0.137. The van der Waals surface area contributed by atoms with Crippen LogP contribution in [0.4, 0.5) is 13.2 Å². The van der Waals surface area contributed by atoms with Gasteiger partial charge in [-0.3, -0.25) is 0 Å². The molecule has 0 N–H and O–H groups in total. The maximum atomic E-state index is 12.6. The molecule has 0 aliphatic rings. The van der Waals surface area contributed by atoms with Crippen LogP contribution in [0.2, 0.25) is 0 Å². The van der Waals surface area contributed by atoms with E-state index in [1.807, 2.05) is 6.92 Å². The molecule has 0 aromatic heterocycles. The van der Waals surface area contributed by atoms with Gasteiger partial charge < -0.3 is 4.74 Å². The van der Waals surface area contributed by atoms with Crippen molar-refractivity contribution in [1.82, 2.24) is 0 Å². The van der Waals surface area contributed by atoms with E-state index in [2.05, 4.69) is 0 Å². The topological polar surface area (TPSA) is 9.23 Å². The predicted octanol–water partition coefficient (Wildman–Crippen LogP) is 4.67. The molecule has 0 amide bonds. The van der Waals surface area contributed by atoms with Crippen molar-refractivity contribution >= 4 is 11.6 Å². The van der Waals surface area contributed by atoms with Crippen LogP contribution >= 0.6 is 11.6 Å². The normalized spacial score (nSPS) is 11.6. The number of rotatable bonds is 6. The third-order valence-electron chi connectivity index (χ3n) is 2.43. The minimum absolute atomic E-state index is 0.420. The molecule has 0 atom stereocenters. The first kappa shape index (κ1) is 15.2. The Labute approximate surface area is 110 Å². The number of alkyl halides is 4. The largest absolute Gasteiger partial charge is 0.493 e. The molecule has 0 unspecified atom stereocenters. The standard InChI is InChI=1S/C13H16ClF3O/c1-2-8-18-12-6-5-11(13(15,16)17)9-10(12)4-3-7-14/h5-6,9H,2-4,7-8H2,1H3. The molecular formula is C13H16ClF3O. The molecule has 0 radical (unpaired) electrons. The third-order valence-corrected chi connectivity index (χ3v) is 2.70. The van der Waals surface area contributed by atoms with E-state index >= 15 is 0 Å². The fraction of sp³-hybridized carbons (Fsp3) is 0.538. The Balaban J connectivity index is 2.96. The molecule has 0 aliphatic heterocycles. The summed E-state index contributed by atoms with van der Waals surface area (Å²) in [7, 11) is 0. The van der Waals surface area contributed by atoms with E-state index in [0.29, 0.717) is 36.6 Å². The zero-order valence-electron chi connectivity index (χ0n) is 10.2. The Morgan fingerprint density at radius 1 is 1.28 bits per heavy atom. The van der Waals surface area contributed by atoms with E-state index in [1.54, 1.807) is 0 Å². The lowest BCUT2D eigenvalue weighted by Gasteiger charge is -2.14. The molecule has 0 heterocycles. The van der Waals surface area contributed by atoms with Gasteiger partial charge in [0.2, 0.25) is 0 Å². The maximum absolute atomic E-state index is 12.6. The second-order valence-corrected chi connectivity index (χ2v) is 4.34. The summed E-state index contributed by atoms with van der Waals surface area (Å²) in [6.07, 6.45) is -2.38. The first-order valence-corrected chi connectivity index (χ1v) is 6.41. The second-order valence-electron chi connectivity index (χ2n) is 3.96. The Hall–Kier alpha value is -0.900. The number of benzene rings is 1. The summed E-state index contributed by atoms with van der Waals surface area (Å²) in [4.78, 5) is 0. The van der Waals surface area contributed by atoms with Crippen LogP contribution in [0.1, 0.15) is 30.9 Å². The highest BCUT2D eigenvalue weighted by molar-refractivity contribution is 6.17. The van der Waals surface area contributed by atoms with Crippen LogP contribution in [0, 0.1) is 0 Å². The number of halogens is 4. The van der Waals surface area contributed by atoms with E-state index in [4.69, 9.17) is 16.3 Å². The predicted molar refractivity (Wildman–Crippen MR) is 66.3 cm³/mol. The monoisotopic (exact) mass is 280 g/mol. The van der Waals surface area contributed by atoms with Crippen molar-refractivity contribution in [3.05, 3.63) is 29.3 Å². The molecular weight excluding hydrogens is 265 g/mol. The molecule has 0 bridgehead atoms. The molecule has 0 saturated heterocycles. The van der Waals surface area contributed by atoms with Crippen LogP contribution in [0.5, 0.6) is 5.75 Å². The molecule has 0 spiro atoms. The summed E-state index contributed by atoms with van der Waals surface area (Å²) in [5, 5.41) is 0. The van der Waals surface area contributed by atoms with Crippen LogP contribution in [0.25, 0.3) is 0 Å². The SMILES string of the molecule is CCCOc1ccc(C(F)(F)F)cc1CCCCl. The van der Waals surface area contributed by atoms with Crippen LogP contribution in [0.15, 0.2) is 18.2 Å². The van der Waals surface area contributed by atoms with E-state index in [9.17, 15) is 13.2 Å². The number of ether oxygens (including phenoxy) is 1. The van der Waals surface area contributed by atoms with E-state index < -0.39 is 11.7 Å². The number of hydrogen-bond donors (Lipinski definition) is 0. The summed E-state index contributed by atoms with van der Waals surface area (Å²) in [5.41, 5.74) is -0.0742. The third kappa shape index (κ3) is 4.41. The van der Waals surface area contributed by atoms with Crippen molar-refractivity contribution in [2.45, 2.75) is 32.4 Å². The van der Waals surface area contributed by atoms with Gasteiger partial charge in [-0.2, -0.15) is 13.2 Å². The minimum Gasteiger partial charge on any atom is -0.493 e. The quantitative estimate of drug-likeness (QED) is 0.688. The van der Waals surface area contributed by atoms with Crippen molar-refractivity contribution in [2.24, 2.45) is 0 Å². The van der Waals surface area contributed by atoms with Gasteiger partial charge in [0.25, 0.3) is 0 Å². The highest BCUT2D eigenvalue weighted by atomic mass is 35.5. The summed E-state index contributed by atoms with van der Waals surface area (Å²) in [5.74, 6) is 0.943. The molecule has 102 valence electrons. The van der Waals surface area contributed by atoms with Crippen molar-refractivity contribution < 1.29 is 17.9 Å². The van der Waals surface area contributed by atoms with Crippen LogP contribution in [0.3, 0.4) is 0 Å². The van der Waals surface area contributed by atoms with E-state index in [0.717, 1.165) is 18.6 Å². The van der Waals surface area contributed by atoms with Gasteiger partial charge in [-0.05, 0) is 43.0 Å². The van der Waals surface area contributed by atoms with Gasteiger partial charge in [0.15, 0.2) is 0 Å². The Kier molecular flexibility index (Phi) is 5.79. The maximum Gasteiger partial charge on any atom is 0.416 e. The van der Waals surface area contributed by atoms with E-state index in [-0.39, 0.29) is 0 Å². The molecule has 18 heavy (non-hydrogen) atoms. The minimum atomic E-state index is -4.32. The Bertz CT molecular complexity index is 377. The Morgan fingerprint density at radius 3 is 2.56 bits per heavy atom. The molecule has 1 rings (SSSR count). The lowest BCUT2D eigenvalue weighted by Crippen LogP contribution is -2.07. The zero-order valence-corrected chi connectivity index (χ0v) is 10.9. The molecule has 1 aromatic carbocycles. The van der Waals surface area contributed by atoms with Crippen LogP contribution < -0.4 is 4.74 Å². The van der Waals surface area contributed by atoms with Gasteiger partial charge in [0.1, 0.15) is 5.75 Å². The highest BCUT2D eigenvalue weighted by Gasteiger charge is 2.31. The average molecular weight is 281 g/mol. The van der Waals surface area contributed by atoms with Crippen molar-refractivity contribution in [3.63, 3.8) is 0 Å². The highest BCUT2D eigenvalue weighted by Crippen LogP contribution is 2.33. The smallest absolute Gasteiger partial charge is 0.416 e. The van der Waals surface area contributed by atoms with Gasteiger partial charge in [0.05, 0.1) is 12.2 Å². The summed E-state index contributed by atoms with van der Waals surface area (Å²) in [6.45, 7) is 2.45.